The van der Waals surface area contributed by atoms with Gasteiger partial charge in [-0.15, -0.1) is 0 Å². The van der Waals surface area contributed by atoms with Crippen molar-refractivity contribution in [2.75, 3.05) is 0 Å². The van der Waals surface area contributed by atoms with Gasteiger partial charge in [-0.3, -0.25) is 28.8 Å². The van der Waals surface area contributed by atoms with Crippen molar-refractivity contribution in [3.05, 3.63) is 18.2 Å². The molecule has 3 amide bonds. The van der Waals surface area contributed by atoms with Gasteiger partial charge in [-0.25, -0.2) is 9.78 Å². The number of hydrogen-bond acceptors (Lipinski definition) is 9. The van der Waals surface area contributed by atoms with Crippen molar-refractivity contribution in [3.63, 3.8) is 0 Å². The maximum Gasteiger partial charge on any atom is 0.326 e. The molecule has 17 heteroatoms. The molecule has 0 bridgehead atoms. The lowest BCUT2D eigenvalue weighted by Crippen LogP contribution is -2.58. The molecule has 0 saturated heterocycles. The number of imidazole rings is 1. The molecule has 0 aliphatic heterocycles. The van der Waals surface area contributed by atoms with Gasteiger partial charge in [-0.1, -0.05) is 0 Å². The van der Waals surface area contributed by atoms with Gasteiger partial charge in [0.1, 0.15) is 18.1 Å². The van der Waals surface area contributed by atoms with Crippen LogP contribution in [0.3, 0.4) is 0 Å². The Kier molecular flexibility index (Phi) is 11.5. The molecule has 1 rings (SSSR count). The number of carbonyl (C=O) groups excluding carboxylic acids is 3. The van der Waals surface area contributed by atoms with Gasteiger partial charge in [0.2, 0.25) is 17.7 Å². The molecule has 0 aromatic carbocycles. The van der Waals surface area contributed by atoms with E-state index in [0.29, 0.717) is 5.69 Å². The van der Waals surface area contributed by atoms with Crippen LogP contribution >= 0.6 is 0 Å². The quantitative estimate of drug-likeness (QED) is 0.104. The lowest BCUT2D eigenvalue weighted by Gasteiger charge is -2.24. The SMILES string of the molecule is NC(CCC(=O)O)C(=O)NC(CC(=O)O)C(=O)NC(Cc1cnc[nH]1)C(=O)NC(CC(=O)O)C(=O)O. The van der Waals surface area contributed by atoms with Gasteiger partial charge >= 0.3 is 23.9 Å². The molecule has 198 valence electrons. The number of amides is 3. The molecule has 4 atom stereocenters. The summed E-state index contributed by atoms with van der Waals surface area (Å²) in [5.74, 6) is -9.17. The molecule has 17 nitrogen and oxygen atoms in total. The van der Waals surface area contributed by atoms with Crippen LogP contribution in [-0.4, -0.2) is 96.2 Å². The Bertz CT molecular complexity index is 981. The number of rotatable bonds is 16. The summed E-state index contributed by atoms with van der Waals surface area (Å²) < 4.78 is 0. The van der Waals surface area contributed by atoms with Crippen LogP contribution in [0.1, 0.15) is 31.4 Å². The highest BCUT2D eigenvalue weighted by Gasteiger charge is 2.32. The third kappa shape index (κ3) is 10.6. The van der Waals surface area contributed by atoms with E-state index in [1.165, 1.54) is 12.5 Å². The summed E-state index contributed by atoms with van der Waals surface area (Å²) in [5.41, 5.74) is 5.88. The van der Waals surface area contributed by atoms with Crippen molar-refractivity contribution in [2.24, 2.45) is 5.73 Å². The number of aliphatic carboxylic acids is 4. The van der Waals surface area contributed by atoms with Crippen LogP contribution in [0.2, 0.25) is 0 Å². The highest BCUT2D eigenvalue weighted by molar-refractivity contribution is 5.96. The van der Waals surface area contributed by atoms with Crippen LogP contribution in [0.25, 0.3) is 0 Å². The molecule has 1 heterocycles. The molecule has 4 unspecified atom stereocenters. The minimum atomic E-state index is -1.84. The third-order valence-electron chi connectivity index (χ3n) is 4.62. The number of aromatic amines is 1. The molecule has 0 spiro atoms. The first-order valence-electron chi connectivity index (χ1n) is 10.3. The second kappa shape index (κ2) is 14.0. The number of nitrogens with two attached hydrogens (primary N) is 1. The number of aromatic nitrogens is 2. The molecule has 0 saturated carbocycles. The number of nitrogens with zero attached hydrogens (tertiary/aromatic N) is 1. The van der Waals surface area contributed by atoms with Crippen molar-refractivity contribution in [3.8, 4) is 0 Å². The number of nitrogens with one attached hydrogen (secondary N) is 4. The molecule has 0 aliphatic rings. The molecule has 36 heavy (non-hydrogen) atoms. The Morgan fingerprint density at radius 1 is 0.806 bits per heavy atom. The predicted molar refractivity (Wildman–Crippen MR) is 115 cm³/mol. The zero-order valence-corrected chi connectivity index (χ0v) is 18.7. The summed E-state index contributed by atoms with van der Waals surface area (Å²) in [6.07, 6.45) is -0.399. The van der Waals surface area contributed by atoms with Gasteiger partial charge in [-0.2, -0.15) is 0 Å². The van der Waals surface area contributed by atoms with Gasteiger partial charge in [-0.05, 0) is 6.42 Å². The van der Waals surface area contributed by atoms with Crippen LogP contribution in [0.15, 0.2) is 12.5 Å². The zero-order chi connectivity index (χ0) is 27.4. The van der Waals surface area contributed by atoms with E-state index in [9.17, 15) is 33.6 Å². The number of carbonyl (C=O) groups is 7. The molecule has 0 aliphatic carbocycles. The van der Waals surface area contributed by atoms with Gasteiger partial charge in [0.05, 0.1) is 25.2 Å². The minimum Gasteiger partial charge on any atom is -0.481 e. The molecule has 0 radical (unpaired) electrons. The van der Waals surface area contributed by atoms with E-state index >= 15 is 0 Å². The second-order valence-corrected chi connectivity index (χ2v) is 7.54. The average molecular weight is 514 g/mol. The van der Waals surface area contributed by atoms with E-state index in [2.05, 4.69) is 20.6 Å². The van der Waals surface area contributed by atoms with E-state index in [1.807, 2.05) is 5.32 Å². The largest absolute Gasteiger partial charge is 0.481 e. The summed E-state index contributed by atoms with van der Waals surface area (Å²) >= 11 is 0. The number of carboxylic acids is 4. The Labute approximate surface area is 202 Å². The Balaban J connectivity index is 3.06. The lowest BCUT2D eigenvalue weighted by atomic mass is 10.1. The Morgan fingerprint density at radius 2 is 1.33 bits per heavy atom. The van der Waals surface area contributed by atoms with Crippen LogP contribution < -0.4 is 21.7 Å². The fourth-order valence-electron chi connectivity index (χ4n) is 2.82. The fraction of sp³-hybridized carbons (Fsp3) is 0.474. The number of hydrogen-bond donors (Lipinski definition) is 9. The van der Waals surface area contributed by atoms with Gasteiger partial charge in [0.25, 0.3) is 0 Å². The summed E-state index contributed by atoms with van der Waals surface area (Å²) in [4.78, 5) is 88.2. The van der Waals surface area contributed by atoms with E-state index in [0.717, 1.165) is 0 Å². The van der Waals surface area contributed by atoms with Crippen LogP contribution in [0, 0.1) is 0 Å². The lowest BCUT2D eigenvalue weighted by molar-refractivity contribution is -0.147. The minimum absolute atomic E-state index is 0.289. The molecule has 0 fully saturated rings. The smallest absolute Gasteiger partial charge is 0.326 e. The molecule has 10 N–H and O–H groups in total. The van der Waals surface area contributed by atoms with E-state index in [1.54, 1.807) is 0 Å². The predicted octanol–water partition coefficient (Wildman–Crippen LogP) is -3.37. The summed E-state index contributed by atoms with van der Waals surface area (Å²) in [6.45, 7) is 0. The average Bonchev–Trinajstić information content (AvgIpc) is 3.28. The zero-order valence-electron chi connectivity index (χ0n) is 18.7. The van der Waals surface area contributed by atoms with Crippen LogP contribution in [0.4, 0.5) is 0 Å². The van der Waals surface area contributed by atoms with Crippen LogP contribution in [0.5, 0.6) is 0 Å². The highest BCUT2D eigenvalue weighted by Crippen LogP contribution is 2.04. The first-order chi connectivity index (χ1) is 16.8. The van der Waals surface area contributed by atoms with Crippen molar-refractivity contribution >= 4 is 41.6 Å². The Hall–Kier alpha value is -4.54. The first kappa shape index (κ1) is 29.5. The number of H-pyrrole nitrogens is 1. The van der Waals surface area contributed by atoms with Crippen molar-refractivity contribution in [1.29, 1.82) is 0 Å². The monoisotopic (exact) mass is 514 g/mol. The van der Waals surface area contributed by atoms with Crippen molar-refractivity contribution in [2.45, 2.75) is 56.3 Å². The fourth-order valence-corrected chi connectivity index (χ4v) is 2.82. The first-order valence-corrected chi connectivity index (χ1v) is 10.3. The normalized spacial score (nSPS) is 13.9. The maximum atomic E-state index is 12.8. The van der Waals surface area contributed by atoms with Gasteiger partial charge < -0.3 is 47.1 Å². The van der Waals surface area contributed by atoms with E-state index in [4.69, 9.17) is 26.2 Å². The van der Waals surface area contributed by atoms with Gasteiger partial charge in [0.15, 0.2) is 0 Å². The molecular weight excluding hydrogens is 488 g/mol. The number of carboxylic acid groups (broad SMARTS) is 4. The van der Waals surface area contributed by atoms with Crippen LogP contribution in [-0.2, 0) is 40.0 Å². The topological polar surface area (TPSA) is 291 Å². The van der Waals surface area contributed by atoms with Gasteiger partial charge in [0, 0.05) is 24.7 Å². The molecule has 1 aromatic rings. The molecule has 1 aromatic heterocycles. The Morgan fingerprint density at radius 3 is 1.83 bits per heavy atom. The van der Waals surface area contributed by atoms with Crippen molar-refractivity contribution < 1.29 is 54.0 Å². The van der Waals surface area contributed by atoms with Crippen molar-refractivity contribution in [1.82, 2.24) is 25.9 Å². The standard InChI is InChI=1S/C19H26N6O11/c20-9(1-2-13(26)27)16(32)23-11(4-14(28)29)18(34)24-10(3-8-6-21-7-22-8)17(33)25-12(19(35)36)5-15(30)31/h6-7,9-12H,1-5,20H2,(H,21,22)(H,23,32)(H,24,34)(H,25,33)(H,26,27)(H,28,29)(H,30,31)(H,35,36). The van der Waals surface area contributed by atoms with E-state index in [-0.39, 0.29) is 12.8 Å². The molecular formula is C19H26N6O11. The summed E-state index contributed by atoms with van der Waals surface area (Å²) in [7, 11) is 0. The maximum absolute atomic E-state index is 12.8. The third-order valence-corrected chi connectivity index (χ3v) is 4.62. The summed E-state index contributed by atoms with van der Waals surface area (Å²) in [5, 5.41) is 42.1. The highest BCUT2D eigenvalue weighted by atomic mass is 16.4. The van der Waals surface area contributed by atoms with E-state index < -0.39 is 85.0 Å². The second-order valence-electron chi connectivity index (χ2n) is 7.54. The summed E-state index contributed by atoms with van der Waals surface area (Å²) in [6, 6.07) is -6.49.